The molecule has 7 heteroatoms. The van der Waals surface area contributed by atoms with Crippen molar-refractivity contribution < 1.29 is 28.5 Å². The predicted octanol–water partition coefficient (Wildman–Crippen LogP) is 4.72. The standard InChI is InChI=1S/C26H27NO6/c1-6-11-31-20-10-9-17(14-21(20)30-5)24-26(33-13-8-3)25(28)23-19(27-24)15-18(29-4)16-22(23)32-12-7-2/h6-10,14-16,26H,1-3,11-13H2,4-5H3. The molecule has 0 aliphatic carbocycles. The molecular formula is C26H27NO6. The Bertz CT molecular complexity index is 1090. The Morgan fingerprint density at radius 1 is 0.879 bits per heavy atom. The lowest BCUT2D eigenvalue weighted by Gasteiger charge is -2.26. The molecule has 0 radical (unpaired) electrons. The summed E-state index contributed by atoms with van der Waals surface area (Å²) in [6, 6.07) is 8.66. The van der Waals surface area contributed by atoms with Crippen molar-refractivity contribution in [3.8, 4) is 23.0 Å². The molecule has 0 saturated heterocycles. The van der Waals surface area contributed by atoms with E-state index in [4.69, 9.17) is 28.7 Å². The summed E-state index contributed by atoms with van der Waals surface area (Å²) in [6.07, 6.45) is 3.87. The minimum atomic E-state index is -0.959. The summed E-state index contributed by atoms with van der Waals surface area (Å²) in [7, 11) is 3.08. The van der Waals surface area contributed by atoms with E-state index in [0.717, 1.165) is 0 Å². The predicted molar refractivity (Wildman–Crippen MR) is 128 cm³/mol. The van der Waals surface area contributed by atoms with E-state index in [-0.39, 0.29) is 19.0 Å². The van der Waals surface area contributed by atoms with Crippen LogP contribution in [-0.2, 0) is 4.74 Å². The van der Waals surface area contributed by atoms with E-state index >= 15 is 0 Å². The Kier molecular flexibility index (Phi) is 8.05. The van der Waals surface area contributed by atoms with Crippen LogP contribution in [0.25, 0.3) is 0 Å². The van der Waals surface area contributed by atoms with Gasteiger partial charge in [-0.1, -0.05) is 31.4 Å². The highest BCUT2D eigenvalue weighted by Gasteiger charge is 2.36. The van der Waals surface area contributed by atoms with Crippen LogP contribution >= 0.6 is 0 Å². The van der Waals surface area contributed by atoms with E-state index in [2.05, 4.69) is 19.7 Å². The number of rotatable bonds is 12. The van der Waals surface area contributed by atoms with Crippen LogP contribution < -0.4 is 18.9 Å². The van der Waals surface area contributed by atoms with Crippen molar-refractivity contribution in [3.05, 3.63) is 79.4 Å². The quantitative estimate of drug-likeness (QED) is 0.437. The average Bonchev–Trinajstić information content (AvgIpc) is 2.84. The largest absolute Gasteiger partial charge is 0.497 e. The van der Waals surface area contributed by atoms with Crippen LogP contribution in [0.3, 0.4) is 0 Å². The van der Waals surface area contributed by atoms with Gasteiger partial charge in [-0.3, -0.25) is 4.79 Å². The highest BCUT2D eigenvalue weighted by atomic mass is 16.5. The van der Waals surface area contributed by atoms with Gasteiger partial charge in [0.1, 0.15) is 24.7 Å². The van der Waals surface area contributed by atoms with Gasteiger partial charge in [-0.2, -0.15) is 0 Å². The summed E-state index contributed by atoms with van der Waals surface area (Å²) in [4.78, 5) is 18.4. The second-order valence-corrected chi connectivity index (χ2v) is 6.95. The number of nitrogens with zero attached hydrogens (tertiary/aromatic N) is 1. The van der Waals surface area contributed by atoms with Gasteiger partial charge in [-0.05, 0) is 18.2 Å². The summed E-state index contributed by atoms with van der Waals surface area (Å²) in [5, 5.41) is 0. The summed E-state index contributed by atoms with van der Waals surface area (Å²) >= 11 is 0. The normalized spacial score (nSPS) is 14.5. The van der Waals surface area contributed by atoms with Gasteiger partial charge in [0.2, 0.25) is 5.78 Å². The molecule has 1 unspecified atom stereocenters. The van der Waals surface area contributed by atoms with Crippen LogP contribution in [-0.4, -0.2) is 51.6 Å². The zero-order valence-electron chi connectivity index (χ0n) is 18.8. The number of ketones is 1. The van der Waals surface area contributed by atoms with Crippen molar-refractivity contribution in [3.63, 3.8) is 0 Å². The number of hydrogen-bond acceptors (Lipinski definition) is 7. The first-order valence-corrected chi connectivity index (χ1v) is 10.3. The van der Waals surface area contributed by atoms with Crippen LogP contribution in [0, 0.1) is 0 Å². The van der Waals surface area contributed by atoms with Crippen molar-refractivity contribution in [1.29, 1.82) is 0 Å². The third-order valence-electron chi connectivity index (χ3n) is 4.82. The second kappa shape index (κ2) is 11.2. The van der Waals surface area contributed by atoms with Gasteiger partial charge in [-0.25, -0.2) is 4.99 Å². The highest BCUT2D eigenvalue weighted by molar-refractivity contribution is 6.26. The monoisotopic (exact) mass is 449 g/mol. The first kappa shape index (κ1) is 23.8. The number of benzene rings is 2. The number of methoxy groups -OCH3 is 2. The molecule has 1 heterocycles. The first-order valence-electron chi connectivity index (χ1n) is 10.3. The van der Waals surface area contributed by atoms with Gasteiger partial charge in [0.15, 0.2) is 17.6 Å². The maximum atomic E-state index is 13.6. The van der Waals surface area contributed by atoms with Gasteiger partial charge in [0.25, 0.3) is 0 Å². The van der Waals surface area contributed by atoms with Gasteiger partial charge in [0.05, 0.1) is 37.8 Å². The van der Waals surface area contributed by atoms with E-state index < -0.39 is 6.10 Å². The molecule has 7 nitrogen and oxygen atoms in total. The number of hydrogen-bond donors (Lipinski definition) is 0. The highest BCUT2D eigenvalue weighted by Crippen LogP contribution is 2.40. The molecule has 33 heavy (non-hydrogen) atoms. The number of fused-ring (bicyclic) bond motifs is 1. The van der Waals surface area contributed by atoms with Gasteiger partial charge >= 0.3 is 0 Å². The van der Waals surface area contributed by atoms with Crippen LogP contribution in [0.1, 0.15) is 15.9 Å². The molecule has 1 aliphatic heterocycles. The zero-order chi connectivity index (χ0) is 23.8. The molecule has 0 spiro atoms. The molecule has 0 aromatic heterocycles. The summed E-state index contributed by atoms with van der Waals surface area (Å²) in [6.45, 7) is 11.7. The van der Waals surface area contributed by atoms with Crippen LogP contribution in [0.2, 0.25) is 0 Å². The van der Waals surface area contributed by atoms with E-state index in [9.17, 15) is 4.79 Å². The Balaban J connectivity index is 2.16. The van der Waals surface area contributed by atoms with Crippen molar-refractivity contribution in [2.45, 2.75) is 6.10 Å². The summed E-state index contributed by atoms with van der Waals surface area (Å²) < 4.78 is 28.1. The van der Waals surface area contributed by atoms with Crippen molar-refractivity contribution in [2.75, 3.05) is 34.0 Å². The summed E-state index contributed by atoms with van der Waals surface area (Å²) in [5.74, 6) is 1.65. The van der Waals surface area contributed by atoms with Crippen LogP contribution in [0.5, 0.6) is 23.0 Å². The fraction of sp³-hybridized carbons (Fsp3) is 0.231. The third kappa shape index (κ3) is 5.15. The maximum absolute atomic E-state index is 13.6. The van der Waals surface area contributed by atoms with Gasteiger partial charge in [-0.15, -0.1) is 6.58 Å². The third-order valence-corrected chi connectivity index (χ3v) is 4.82. The minimum Gasteiger partial charge on any atom is -0.497 e. The van der Waals surface area contributed by atoms with Gasteiger partial charge in [0, 0.05) is 17.7 Å². The lowest BCUT2D eigenvalue weighted by molar-refractivity contribution is 0.0685. The number of aliphatic imine (C=N–C) groups is 1. The minimum absolute atomic E-state index is 0.168. The molecule has 172 valence electrons. The first-order chi connectivity index (χ1) is 16.1. The SMILES string of the molecule is C=CCOc1ccc(C2=Nc3cc(OC)cc(OCC=C)c3C(=O)C2OCC=C)cc1OC. The fourth-order valence-corrected chi connectivity index (χ4v) is 3.37. The Hall–Kier alpha value is -3.84. The van der Waals surface area contributed by atoms with Crippen molar-refractivity contribution in [1.82, 2.24) is 0 Å². The molecule has 0 bridgehead atoms. The van der Waals surface area contributed by atoms with Crippen molar-refractivity contribution in [2.24, 2.45) is 4.99 Å². The van der Waals surface area contributed by atoms with Crippen LogP contribution in [0.4, 0.5) is 5.69 Å². The molecule has 2 aromatic carbocycles. The molecule has 3 rings (SSSR count). The number of carbonyl (C=O) groups is 1. The molecule has 1 aliphatic rings. The maximum Gasteiger partial charge on any atom is 0.203 e. The average molecular weight is 450 g/mol. The van der Waals surface area contributed by atoms with Crippen LogP contribution in [0.15, 0.2) is 73.3 Å². The van der Waals surface area contributed by atoms with E-state index in [1.54, 1.807) is 55.7 Å². The molecule has 2 aromatic rings. The molecule has 0 N–H and O–H groups in total. The topological polar surface area (TPSA) is 75.6 Å². The second-order valence-electron chi connectivity index (χ2n) is 6.95. The lowest BCUT2D eigenvalue weighted by Crippen LogP contribution is -2.36. The molecule has 0 fully saturated rings. The van der Waals surface area contributed by atoms with Gasteiger partial charge < -0.3 is 23.7 Å². The molecule has 0 amide bonds. The smallest absolute Gasteiger partial charge is 0.203 e. The fourth-order valence-electron chi connectivity index (χ4n) is 3.37. The number of Topliss-reactive ketones (excluding diaryl/α,β-unsaturated/α-hetero) is 1. The number of ether oxygens (including phenoxy) is 5. The Labute approximate surface area is 193 Å². The van der Waals surface area contributed by atoms with Crippen molar-refractivity contribution >= 4 is 17.2 Å². The Morgan fingerprint density at radius 3 is 2.21 bits per heavy atom. The molecule has 0 saturated carbocycles. The number of carbonyl (C=O) groups excluding carboxylic acids is 1. The molecular weight excluding hydrogens is 422 g/mol. The zero-order valence-corrected chi connectivity index (χ0v) is 18.8. The molecule has 1 atom stereocenters. The Morgan fingerprint density at radius 2 is 1.58 bits per heavy atom. The van der Waals surface area contributed by atoms with E-state index in [1.165, 1.54) is 7.11 Å². The van der Waals surface area contributed by atoms with E-state index in [1.807, 2.05) is 0 Å². The lowest BCUT2D eigenvalue weighted by atomic mass is 9.92. The van der Waals surface area contributed by atoms with E-state index in [0.29, 0.717) is 52.1 Å². The summed E-state index contributed by atoms with van der Waals surface area (Å²) in [5.41, 5.74) is 1.85.